The van der Waals surface area contributed by atoms with Crippen LogP contribution in [0.2, 0.25) is 5.02 Å². The lowest BCUT2D eigenvalue weighted by molar-refractivity contribution is -0.132. The van der Waals surface area contributed by atoms with E-state index in [9.17, 15) is 15.0 Å². The summed E-state index contributed by atoms with van der Waals surface area (Å²) in [5.74, 6) is -0.929. The Morgan fingerprint density at radius 1 is 1.14 bits per heavy atom. The molecule has 0 saturated heterocycles. The van der Waals surface area contributed by atoms with Crippen LogP contribution in [0.4, 0.5) is 0 Å². The Labute approximate surface area is 218 Å². The number of benzene rings is 2. The normalized spacial score (nSPS) is 13.0. The Bertz CT molecular complexity index is 1350. The highest BCUT2D eigenvalue weighted by molar-refractivity contribution is 6.32. The van der Waals surface area contributed by atoms with E-state index in [4.69, 9.17) is 16.7 Å². The number of allylic oxidation sites excluding steroid dienone is 4. The van der Waals surface area contributed by atoms with Crippen LogP contribution in [0.5, 0.6) is 0 Å². The fourth-order valence-corrected chi connectivity index (χ4v) is 4.23. The average molecular weight is 505 g/mol. The third-order valence-electron chi connectivity index (χ3n) is 5.89. The van der Waals surface area contributed by atoms with Crippen LogP contribution in [0, 0.1) is 13.8 Å². The van der Waals surface area contributed by atoms with Crippen LogP contribution >= 0.6 is 11.6 Å². The molecule has 0 spiro atoms. The van der Waals surface area contributed by atoms with Gasteiger partial charge < -0.3 is 10.2 Å². The van der Waals surface area contributed by atoms with E-state index in [1.807, 2.05) is 80.1 Å². The molecule has 36 heavy (non-hydrogen) atoms. The maximum absolute atomic E-state index is 11.2. The van der Waals surface area contributed by atoms with Gasteiger partial charge in [0.25, 0.3) is 0 Å². The lowest BCUT2D eigenvalue weighted by atomic mass is 9.99. The van der Waals surface area contributed by atoms with Gasteiger partial charge in [-0.2, -0.15) is 5.10 Å². The molecule has 0 radical (unpaired) electrons. The van der Waals surface area contributed by atoms with Gasteiger partial charge in [-0.05, 0) is 81.5 Å². The molecule has 6 heteroatoms. The smallest absolute Gasteiger partial charge is 0.331 e. The molecule has 0 atom stereocenters. The molecule has 0 aliphatic rings. The lowest BCUT2D eigenvalue weighted by Crippen LogP contribution is -2.16. The van der Waals surface area contributed by atoms with E-state index < -0.39 is 11.6 Å². The van der Waals surface area contributed by atoms with Crippen molar-refractivity contribution < 1.29 is 15.0 Å². The second-order valence-corrected chi connectivity index (χ2v) is 9.85. The lowest BCUT2D eigenvalue weighted by Gasteiger charge is -2.15. The number of para-hydroxylation sites is 1. The molecule has 1 heterocycles. The van der Waals surface area contributed by atoms with Crippen molar-refractivity contribution >= 4 is 23.6 Å². The number of rotatable bonds is 8. The van der Waals surface area contributed by atoms with Crippen LogP contribution in [0.1, 0.15) is 56.5 Å². The molecule has 0 saturated carbocycles. The fourth-order valence-electron chi connectivity index (χ4n) is 3.93. The van der Waals surface area contributed by atoms with Crippen molar-refractivity contribution in [3.05, 3.63) is 99.2 Å². The molecule has 3 aromatic rings. The van der Waals surface area contributed by atoms with Crippen LogP contribution in [-0.2, 0) is 10.4 Å². The second-order valence-electron chi connectivity index (χ2n) is 9.44. The molecule has 2 aromatic carbocycles. The number of halogens is 1. The van der Waals surface area contributed by atoms with Gasteiger partial charge in [0.05, 0.1) is 22.1 Å². The van der Waals surface area contributed by atoms with Crippen LogP contribution in [0.25, 0.3) is 23.0 Å². The third-order valence-corrected chi connectivity index (χ3v) is 6.20. The molecule has 0 unspecified atom stereocenters. The average Bonchev–Trinajstić information content (AvgIpc) is 3.22. The Balaban J connectivity index is 2.08. The van der Waals surface area contributed by atoms with Crippen molar-refractivity contribution in [2.75, 3.05) is 0 Å². The molecule has 0 aliphatic carbocycles. The van der Waals surface area contributed by atoms with Gasteiger partial charge in [0, 0.05) is 11.1 Å². The molecule has 5 nitrogen and oxygen atoms in total. The molecule has 1 aromatic heterocycles. The van der Waals surface area contributed by atoms with E-state index in [0.717, 1.165) is 45.6 Å². The van der Waals surface area contributed by atoms with Crippen LogP contribution < -0.4 is 0 Å². The fraction of sp³-hybridized carbons (Fsp3) is 0.267. The number of hydrogen-bond acceptors (Lipinski definition) is 3. The number of aliphatic hydroxyl groups is 1. The zero-order valence-corrected chi connectivity index (χ0v) is 22.4. The second kappa shape index (κ2) is 11.1. The third kappa shape index (κ3) is 6.23. The van der Waals surface area contributed by atoms with E-state index in [-0.39, 0.29) is 5.57 Å². The number of hydrogen-bond donors (Lipinski definition) is 2. The molecular weight excluding hydrogens is 472 g/mol. The van der Waals surface area contributed by atoms with Gasteiger partial charge >= 0.3 is 5.97 Å². The minimum absolute atomic E-state index is 0.289. The van der Waals surface area contributed by atoms with E-state index in [0.29, 0.717) is 10.7 Å². The first kappa shape index (κ1) is 27.2. The van der Waals surface area contributed by atoms with Crippen LogP contribution in [0.15, 0.2) is 71.8 Å². The quantitative estimate of drug-likeness (QED) is 0.247. The van der Waals surface area contributed by atoms with Crippen molar-refractivity contribution in [2.45, 2.75) is 53.6 Å². The summed E-state index contributed by atoms with van der Waals surface area (Å²) in [5.41, 5.74) is 6.16. The summed E-state index contributed by atoms with van der Waals surface area (Å²) in [7, 11) is 0. The summed E-state index contributed by atoms with van der Waals surface area (Å²) in [4.78, 5) is 11.2. The first-order valence-electron chi connectivity index (χ1n) is 11.9. The number of carbonyl (C=O) groups is 1. The Morgan fingerprint density at radius 2 is 1.86 bits per heavy atom. The zero-order valence-electron chi connectivity index (χ0n) is 21.6. The first-order chi connectivity index (χ1) is 16.9. The maximum atomic E-state index is 11.2. The van der Waals surface area contributed by atoms with Crippen molar-refractivity contribution in [3.63, 3.8) is 0 Å². The largest absolute Gasteiger partial charge is 0.478 e. The van der Waals surface area contributed by atoms with Crippen molar-refractivity contribution in [1.29, 1.82) is 0 Å². The number of aryl methyl sites for hydroxylation is 2. The molecular formula is C30H33ClN2O3. The van der Waals surface area contributed by atoms with E-state index in [1.54, 1.807) is 26.8 Å². The highest BCUT2D eigenvalue weighted by atomic mass is 35.5. The summed E-state index contributed by atoms with van der Waals surface area (Å²) in [6.45, 7) is 11.0. The monoisotopic (exact) mass is 504 g/mol. The van der Waals surface area contributed by atoms with Gasteiger partial charge in [0.15, 0.2) is 0 Å². The summed E-state index contributed by atoms with van der Waals surface area (Å²) in [6.07, 6.45) is 8.37. The molecule has 2 N–H and O–H groups in total. The van der Waals surface area contributed by atoms with Gasteiger partial charge in [0.1, 0.15) is 5.60 Å². The van der Waals surface area contributed by atoms with Crippen LogP contribution in [-0.4, -0.2) is 26.0 Å². The van der Waals surface area contributed by atoms with Gasteiger partial charge in [-0.25, -0.2) is 9.48 Å². The minimum atomic E-state index is -1.12. The topological polar surface area (TPSA) is 75.4 Å². The van der Waals surface area contributed by atoms with E-state index >= 15 is 0 Å². The Kier molecular flexibility index (Phi) is 8.39. The molecule has 3 rings (SSSR count). The zero-order chi connectivity index (χ0) is 26.6. The van der Waals surface area contributed by atoms with Crippen molar-refractivity contribution in [3.8, 4) is 16.9 Å². The van der Waals surface area contributed by atoms with Gasteiger partial charge in [0.2, 0.25) is 0 Å². The maximum Gasteiger partial charge on any atom is 0.331 e. The molecule has 0 fully saturated rings. The summed E-state index contributed by atoms with van der Waals surface area (Å²) < 4.78 is 1.81. The van der Waals surface area contributed by atoms with Crippen molar-refractivity contribution in [1.82, 2.24) is 9.78 Å². The van der Waals surface area contributed by atoms with Crippen LogP contribution in [0.3, 0.4) is 0 Å². The SMILES string of the molecule is CC/C=C(/C=C/c1ccc(-c2cc(C(C)(C)O)nn2-c2c(C)cccc2Cl)c(C)c1)\C=C(/C)C(=O)O. The Hall–Kier alpha value is -3.41. The minimum Gasteiger partial charge on any atom is -0.478 e. The van der Waals surface area contributed by atoms with E-state index in [2.05, 4.69) is 6.07 Å². The Morgan fingerprint density at radius 3 is 2.44 bits per heavy atom. The predicted octanol–water partition coefficient (Wildman–Crippen LogP) is 7.42. The summed E-state index contributed by atoms with van der Waals surface area (Å²) in [6, 6.07) is 13.7. The van der Waals surface area contributed by atoms with E-state index in [1.165, 1.54) is 0 Å². The highest BCUT2D eigenvalue weighted by Gasteiger charge is 2.25. The number of nitrogens with zero attached hydrogens (tertiary/aromatic N) is 2. The van der Waals surface area contributed by atoms with Gasteiger partial charge in [-0.3, -0.25) is 0 Å². The molecule has 0 amide bonds. The van der Waals surface area contributed by atoms with Gasteiger partial charge in [-0.15, -0.1) is 0 Å². The first-order valence-corrected chi connectivity index (χ1v) is 12.3. The van der Waals surface area contributed by atoms with Crippen molar-refractivity contribution in [2.24, 2.45) is 0 Å². The molecule has 0 bridgehead atoms. The number of aliphatic carboxylic acids is 1. The highest BCUT2D eigenvalue weighted by Crippen LogP contribution is 2.34. The number of aromatic nitrogens is 2. The summed E-state index contributed by atoms with van der Waals surface area (Å²) >= 11 is 6.58. The number of carboxylic acids is 1. The standard InChI is InChI=1S/C30H33ClN2O3/c1-7-9-22(17-21(4)29(34)35)12-13-23-14-15-24(20(3)16-23)26-18-27(30(5,6)36)32-33(26)28-19(2)10-8-11-25(28)31/h8-18,36H,7H2,1-6H3,(H,34,35)/b13-12+,21-17+,22-9-. The predicted molar refractivity (Wildman–Crippen MR) is 148 cm³/mol. The molecule has 0 aliphatic heterocycles. The van der Waals surface area contributed by atoms with Gasteiger partial charge in [-0.1, -0.05) is 67.1 Å². The molecule has 188 valence electrons. The number of carboxylic acid groups (broad SMARTS) is 1. The summed E-state index contributed by atoms with van der Waals surface area (Å²) in [5, 5.41) is 25.2.